The van der Waals surface area contributed by atoms with Gasteiger partial charge in [-0.25, -0.2) is 0 Å². The maximum Gasteiger partial charge on any atom is 0.257 e. The van der Waals surface area contributed by atoms with Crippen LogP contribution in [0.15, 0.2) is 24.3 Å². The number of halogens is 1. The molecule has 0 radical (unpaired) electrons. The summed E-state index contributed by atoms with van der Waals surface area (Å²) in [4.78, 5) is 23.3. The third-order valence-electron chi connectivity index (χ3n) is 2.55. The van der Waals surface area contributed by atoms with Crippen molar-refractivity contribution in [2.24, 2.45) is 0 Å². The van der Waals surface area contributed by atoms with Gasteiger partial charge >= 0.3 is 0 Å². The van der Waals surface area contributed by atoms with Crippen LogP contribution < -0.4 is 10.6 Å². The molecule has 4 nitrogen and oxygen atoms in total. The number of thiocarbonyl (C=S) groups is 1. The van der Waals surface area contributed by atoms with Gasteiger partial charge in [-0.1, -0.05) is 29.4 Å². The minimum atomic E-state index is -0.349. The van der Waals surface area contributed by atoms with E-state index in [9.17, 15) is 9.59 Å². The second-order valence-corrected chi connectivity index (χ2v) is 5.89. The number of hydrogen-bond donors (Lipinski definition) is 2. The molecule has 1 aliphatic rings. The summed E-state index contributed by atoms with van der Waals surface area (Å²) in [7, 11) is 0. The SMILES string of the molecule is O=C(NC(=S)N[C@H]1CCSC1=O)c1cccc(Cl)c1. The maximum atomic E-state index is 11.9. The van der Waals surface area contributed by atoms with Crippen molar-refractivity contribution in [3.63, 3.8) is 0 Å². The van der Waals surface area contributed by atoms with Crippen molar-refractivity contribution in [2.45, 2.75) is 12.5 Å². The topological polar surface area (TPSA) is 58.2 Å². The molecular formula is C12H11ClN2O2S2. The Labute approximate surface area is 125 Å². The molecule has 1 fully saturated rings. The van der Waals surface area contributed by atoms with Crippen LogP contribution in [0.4, 0.5) is 0 Å². The van der Waals surface area contributed by atoms with Gasteiger partial charge in [-0.2, -0.15) is 0 Å². The van der Waals surface area contributed by atoms with Gasteiger partial charge in [0.05, 0.1) is 6.04 Å². The fourth-order valence-corrected chi connectivity index (χ4v) is 2.98. The summed E-state index contributed by atoms with van der Waals surface area (Å²) in [6.07, 6.45) is 0.719. The fraction of sp³-hybridized carbons (Fsp3) is 0.250. The minimum absolute atomic E-state index is 0.0550. The second kappa shape index (κ2) is 6.36. The third-order valence-corrected chi connectivity index (χ3v) is 4.02. The summed E-state index contributed by atoms with van der Waals surface area (Å²) in [5.41, 5.74) is 0.420. The minimum Gasteiger partial charge on any atom is -0.352 e. The second-order valence-electron chi connectivity index (χ2n) is 3.95. The van der Waals surface area contributed by atoms with E-state index in [0.29, 0.717) is 10.6 Å². The summed E-state index contributed by atoms with van der Waals surface area (Å²) in [5, 5.41) is 6.07. The number of carbonyl (C=O) groups is 2. The predicted octanol–water partition coefficient (Wildman–Crippen LogP) is 1.98. The largest absolute Gasteiger partial charge is 0.352 e. The van der Waals surface area contributed by atoms with Crippen molar-refractivity contribution in [3.05, 3.63) is 34.9 Å². The van der Waals surface area contributed by atoms with Gasteiger partial charge in [0.1, 0.15) is 0 Å². The highest BCUT2D eigenvalue weighted by molar-refractivity contribution is 8.14. The molecule has 1 atom stereocenters. The van der Waals surface area contributed by atoms with Gasteiger partial charge in [0.25, 0.3) is 5.91 Å². The molecule has 7 heteroatoms. The molecule has 0 saturated carbocycles. The van der Waals surface area contributed by atoms with Crippen molar-refractivity contribution in [1.29, 1.82) is 0 Å². The summed E-state index contributed by atoms with van der Waals surface area (Å²) >= 11 is 12.1. The standard InChI is InChI=1S/C12H11ClN2O2S2/c13-8-3-1-2-7(6-8)10(16)15-12(18)14-9-4-5-19-11(9)17/h1-3,6,9H,4-5H2,(H2,14,15,16,18)/t9-/m0/s1. The summed E-state index contributed by atoms with van der Waals surface area (Å²) in [6, 6.07) is 6.25. The third kappa shape index (κ3) is 3.92. The van der Waals surface area contributed by atoms with Crippen LogP contribution in [-0.4, -0.2) is 27.9 Å². The molecule has 0 spiro atoms. The van der Waals surface area contributed by atoms with E-state index in [1.807, 2.05) is 0 Å². The Morgan fingerprint density at radius 2 is 2.26 bits per heavy atom. The lowest BCUT2D eigenvalue weighted by molar-refractivity contribution is -0.111. The van der Waals surface area contributed by atoms with Crippen LogP contribution in [0.3, 0.4) is 0 Å². The van der Waals surface area contributed by atoms with Crippen molar-refractivity contribution < 1.29 is 9.59 Å². The molecule has 1 amide bonds. The Hall–Kier alpha value is -1.11. The number of nitrogens with one attached hydrogen (secondary N) is 2. The summed E-state index contributed by atoms with van der Waals surface area (Å²) < 4.78 is 0. The Morgan fingerprint density at radius 3 is 2.89 bits per heavy atom. The van der Waals surface area contributed by atoms with Gasteiger partial charge in [-0.3, -0.25) is 14.9 Å². The van der Waals surface area contributed by atoms with Crippen LogP contribution in [0.1, 0.15) is 16.8 Å². The van der Waals surface area contributed by atoms with Crippen LogP contribution in [-0.2, 0) is 4.79 Å². The number of benzene rings is 1. The molecule has 0 aromatic heterocycles. The summed E-state index contributed by atoms with van der Waals surface area (Å²) in [6.45, 7) is 0. The van der Waals surface area contributed by atoms with E-state index >= 15 is 0 Å². The van der Waals surface area contributed by atoms with Gasteiger partial charge in [-0.05, 0) is 36.8 Å². The molecule has 1 heterocycles. The smallest absolute Gasteiger partial charge is 0.257 e. The number of rotatable bonds is 2. The molecule has 1 aromatic carbocycles. The fourth-order valence-electron chi connectivity index (χ4n) is 1.63. The van der Waals surface area contributed by atoms with Crippen molar-refractivity contribution >= 4 is 51.7 Å². The molecule has 1 aliphatic heterocycles. The van der Waals surface area contributed by atoms with Crippen LogP contribution in [0.2, 0.25) is 5.02 Å². The first-order valence-corrected chi connectivity index (χ1v) is 7.37. The van der Waals surface area contributed by atoms with E-state index in [-0.39, 0.29) is 22.2 Å². The first kappa shape index (κ1) is 14.3. The van der Waals surface area contributed by atoms with Crippen LogP contribution in [0.5, 0.6) is 0 Å². The Kier molecular flexibility index (Phi) is 4.79. The van der Waals surface area contributed by atoms with Crippen LogP contribution >= 0.6 is 35.6 Å². The lowest BCUT2D eigenvalue weighted by atomic mass is 10.2. The van der Waals surface area contributed by atoms with Gasteiger partial charge in [-0.15, -0.1) is 0 Å². The van der Waals surface area contributed by atoms with Crippen molar-refractivity contribution in [1.82, 2.24) is 10.6 Å². The number of carbonyl (C=O) groups excluding carboxylic acids is 2. The first-order valence-electron chi connectivity index (χ1n) is 5.60. The van der Waals surface area contributed by atoms with Crippen LogP contribution in [0, 0.1) is 0 Å². The molecule has 0 bridgehead atoms. The monoisotopic (exact) mass is 314 g/mol. The Balaban J connectivity index is 1.92. The van der Waals surface area contributed by atoms with Crippen LogP contribution in [0.25, 0.3) is 0 Å². The molecule has 19 heavy (non-hydrogen) atoms. The van der Waals surface area contributed by atoms with E-state index in [0.717, 1.165) is 12.2 Å². The van der Waals surface area contributed by atoms with E-state index in [2.05, 4.69) is 10.6 Å². The number of thioether (sulfide) groups is 1. The lowest BCUT2D eigenvalue weighted by Gasteiger charge is -2.13. The molecule has 0 aliphatic carbocycles. The summed E-state index contributed by atoms with van der Waals surface area (Å²) in [5.74, 6) is 0.430. The van der Waals surface area contributed by atoms with Crippen molar-refractivity contribution in [2.75, 3.05) is 5.75 Å². The number of hydrogen-bond acceptors (Lipinski definition) is 4. The highest BCUT2D eigenvalue weighted by atomic mass is 35.5. The normalized spacial score (nSPS) is 18.2. The quantitative estimate of drug-likeness (QED) is 0.818. The zero-order valence-corrected chi connectivity index (χ0v) is 12.2. The molecule has 1 aromatic rings. The molecule has 2 N–H and O–H groups in total. The molecular weight excluding hydrogens is 304 g/mol. The Bertz CT molecular complexity index is 536. The number of amides is 1. The van der Waals surface area contributed by atoms with E-state index in [4.69, 9.17) is 23.8 Å². The van der Waals surface area contributed by atoms with E-state index in [1.165, 1.54) is 11.8 Å². The first-order chi connectivity index (χ1) is 9.06. The van der Waals surface area contributed by atoms with Gasteiger partial charge in [0.2, 0.25) is 5.12 Å². The highest BCUT2D eigenvalue weighted by Crippen LogP contribution is 2.19. The van der Waals surface area contributed by atoms with E-state index in [1.54, 1.807) is 24.3 Å². The van der Waals surface area contributed by atoms with E-state index < -0.39 is 0 Å². The van der Waals surface area contributed by atoms with Gasteiger partial charge in [0, 0.05) is 16.3 Å². The zero-order valence-electron chi connectivity index (χ0n) is 9.81. The molecule has 2 rings (SSSR count). The molecule has 1 saturated heterocycles. The van der Waals surface area contributed by atoms with Gasteiger partial charge in [0.15, 0.2) is 5.11 Å². The average Bonchev–Trinajstić information content (AvgIpc) is 2.75. The average molecular weight is 315 g/mol. The predicted molar refractivity (Wildman–Crippen MR) is 80.5 cm³/mol. The highest BCUT2D eigenvalue weighted by Gasteiger charge is 2.26. The molecule has 100 valence electrons. The molecule has 0 unspecified atom stereocenters. The zero-order chi connectivity index (χ0) is 13.8. The lowest BCUT2D eigenvalue weighted by Crippen LogP contribution is -2.45. The van der Waals surface area contributed by atoms with Crippen molar-refractivity contribution in [3.8, 4) is 0 Å². The van der Waals surface area contributed by atoms with Gasteiger partial charge < -0.3 is 5.32 Å². The Morgan fingerprint density at radius 1 is 1.47 bits per heavy atom. The maximum absolute atomic E-state index is 11.9.